The van der Waals surface area contributed by atoms with Crippen molar-refractivity contribution in [3.05, 3.63) is 86.2 Å². The first kappa shape index (κ1) is 21.6. The van der Waals surface area contributed by atoms with Crippen LogP contribution in [-0.4, -0.2) is 20.5 Å². The maximum absolute atomic E-state index is 12.6. The third-order valence-electron chi connectivity index (χ3n) is 4.64. The third kappa shape index (κ3) is 4.57. The number of anilines is 1. The molecule has 0 aliphatic carbocycles. The lowest BCUT2D eigenvalue weighted by Crippen LogP contribution is -2.13. The Kier molecular flexibility index (Phi) is 6.09. The van der Waals surface area contributed by atoms with Crippen LogP contribution in [0.2, 0.25) is 5.02 Å². The van der Waals surface area contributed by atoms with Crippen molar-refractivity contribution in [3.8, 4) is 17.5 Å². The summed E-state index contributed by atoms with van der Waals surface area (Å²) in [6.07, 6.45) is 1.45. The summed E-state index contributed by atoms with van der Waals surface area (Å²) in [5.74, 6) is -1.22. The van der Waals surface area contributed by atoms with Crippen molar-refractivity contribution >= 4 is 35.0 Å². The third-order valence-corrected chi connectivity index (χ3v) is 4.88. The first-order chi connectivity index (χ1) is 14.7. The highest BCUT2D eigenvalue weighted by Crippen LogP contribution is 2.29. The van der Waals surface area contributed by atoms with Gasteiger partial charge in [-0.2, -0.15) is 5.26 Å². The number of hydrogen-bond donors (Lipinski definition) is 2. The first-order valence-corrected chi connectivity index (χ1v) is 9.44. The van der Waals surface area contributed by atoms with E-state index in [9.17, 15) is 25.3 Å². The lowest BCUT2D eigenvalue weighted by Gasteiger charge is -2.10. The summed E-state index contributed by atoms with van der Waals surface area (Å²) < 4.78 is 1.95. The molecule has 0 radical (unpaired) electrons. The molecule has 0 bridgehead atoms. The number of nitro benzene ring substituents is 1. The zero-order chi connectivity index (χ0) is 22.7. The van der Waals surface area contributed by atoms with Crippen LogP contribution < -0.4 is 5.32 Å². The molecule has 3 aromatic rings. The number of benzene rings is 2. The number of nitriles is 1. The van der Waals surface area contributed by atoms with Gasteiger partial charge in [-0.25, -0.2) is 0 Å². The number of non-ortho nitro benzene ring substituents is 1. The van der Waals surface area contributed by atoms with E-state index in [0.29, 0.717) is 10.6 Å². The average Bonchev–Trinajstić information content (AvgIpc) is 3.00. The van der Waals surface area contributed by atoms with Crippen LogP contribution in [0.5, 0.6) is 5.75 Å². The molecule has 0 fully saturated rings. The predicted molar refractivity (Wildman–Crippen MR) is 117 cm³/mol. The number of nitrogens with zero attached hydrogens (tertiary/aromatic N) is 3. The van der Waals surface area contributed by atoms with E-state index in [0.717, 1.165) is 29.2 Å². The quantitative estimate of drug-likeness (QED) is 0.193. The van der Waals surface area contributed by atoms with Crippen LogP contribution in [-0.2, 0) is 4.79 Å². The van der Waals surface area contributed by atoms with Gasteiger partial charge in [-0.3, -0.25) is 14.9 Å². The van der Waals surface area contributed by atoms with E-state index >= 15 is 0 Å². The summed E-state index contributed by atoms with van der Waals surface area (Å²) in [5.41, 5.74) is 2.65. The Labute approximate surface area is 182 Å². The Bertz CT molecular complexity index is 1270. The number of halogens is 1. The van der Waals surface area contributed by atoms with Gasteiger partial charge < -0.3 is 15.0 Å². The molecule has 0 saturated carbocycles. The number of aromatic nitrogens is 1. The van der Waals surface area contributed by atoms with E-state index in [-0.39, 0.29) is 16.9 Å². The zero-order valence-corrected chi connectivity index (χ0v) is 17.3. The molecule has 1 heterocycles. The Morgan fingerprint density at radius 2 is 2.00 bits per heavy atom. The number of carbonyl (C=O) groups excluding carboxylic acids is 1. The molecule has 0 aliphatic rings. The summed E-state index contributed by atoms with van der Waals surface area (Å²) >= 11 is 6.09. The second kappa shape index (κ2) is 8.73. The fourth-order valence-corrected chi connectivity index (χ4v) is 3.36. The summed E-state index contributed by atoms with van der Waals surface area (Å²) in [4.78, 5) is 22.7. The smallest absolute Gasteiger partial charge is 0.273 e. The zero-order valence-electron chi connectivity index (χ0n) is 16.6. The standard InChI is InChI=1S/C22H17ClN4O4/c1-13-8-15(14(2)26(13)18-5-3-4-17(23)10-18)9-16(12-24)22(29)25-20-7-6-19(27(30)31)11-21(20)28/h3-11,28H,1-2H3,(H,25,29)/b16-9+. The lowest BCUT2D eigenvalue weighted by molar-refractivity contribution is -0.384. The molecule has 2 N–H and O–H groups in total. The van der Waals surface area contributed by atoms with Crippen molar-refractivity contribution in [2.24, 2.45) is 0 Å². The number of aromatic hydroxyl groups is 1. The van der Waals surface area contributed by atoms with Crippen molar-refractivity contribution in [1.29, 1.82) is 5.26 Å². The number of phenolic OH excluding ortho intramolecular Hbond substituents is 1. The normalized spacial score (nSPS) is 11.1. The van der Waals surface area contributed by atoms with Crippen molar-refractivity contribution in [2.75, 3.05) is 5.32 Å². The number of nitro groups is 1. The summed E-state index contributed by atoms with van der Waals surface area (Å²) in [7, 11) is 0. The number of nitrogens with one attached hydrogen (secondary N) is 1. The number of aryl methyl sites for hydroxylation is 1. The maximum atomic E-state index is 12.6. The van der Waals surface area contributed by atoms with Crippen molar-refractivity contribution < 1.29 is 14.8 Å². The van der Waals surface area contributed by atoms with Gasteiger partial charge in [0, 0.05) is 28.2 Å². The highest BCUT2D eigenvalue weighted by atomic mass is 35.5. The number of carbonyl (C=O) groups is 1. The molecule has 3 rings (SSSR count). The average molecular weight is 437 g/mol. The molecule has 0 unspecified atom stereocenters. The van der Waals surface area contributed by atoms with E-state index in [1.165, 1.54) is 12.1 Å². The second-order valence-electron chi connectivity index (χ2n) is 6.72. The number of amides is 1. The van der Waals surface area contributed by atoms with Gasteiger partial charge in [-0.15, -0.1) is 0 Å². The van der Waals surface area contributed by atoms with E-state index in [4.69, 9.17) is 11.6 Å². The Balaban J connectivity index is 1.92. The van der Waals surface area contributed by atoms with E-state index in [1.807, 2.05) is 48.7 Å². The summed E-state index contributed by atoms with van der Waals surface area (Å²) in [5, 5.41) is 33.2. The summed E-state index contributed by atoms with van der Waals surface area (Å²) in [6, 6.07) is 14.3. The van der Waals surface area contributed by atoms with Crippen molar-refractivity contribution in [3.63, 3.8) is 0 Å². The van der Waals surface area contributed by atoms with Crippen LogP contribution in [0.15, 0.2) is 54.1 Å². The highest BCUT2D eigenvalue weighted by molar-refractivity contribution is 6.30. The van der Waals surface area contributed by atoms with Gasteiger partial charge in [0.25, 0.3) is 11.6 Å². The van der Waals surface area contributed by atoms with Gasteiger partial charge in [0.1, 0.15) is 17.4 Å². The molecule has 9 heteroatoms. The fraction of sp³-hybridized carbons (Fsp3) is 0.0909. The molecule has 0 spiro atoms. The van der Waals surface area contributed by atoms with Crippen LogP contribution in [0.3, 0.4) is 0 Å². The van der Waals surface area contributed by atoms with E-state index < -0.39 is 16.6 Å². The molecule has 0 aliphatic heterocycles. The molecule has 1 amide bonds. The second-order valence-corrected chi connectivity index (χ2v) is 7.16. The van der Waals surface area contributed by atoms with Crippen molar-refractivity contribution in [2.45, 2.75) is 13.8 Å². The molecular weight excluding hydrogens is 420 g/mol. The fourth-order valence-electron chi connectivity index (χ4n) is 3.18. The van der Waals surface area contributed by atoms with Crippen LogP contribution in [0.4, 0.5) is 11.4 Å². The monoisotopic (exact) mass is 436 g/mol. The molecule has 156 valence electrons. The largest absolute Gasteiger partial charge is 0.506 e. The number of phenols is 1. The molecule has 8 nitrogen and oxygen atoms in total. The van der Waals surface area contributed by atoms with Crippen LogP contribution in [0.25, 0.3) is 11.8 Å². The molecule has 0 saturated heterocycles. The molecule has 2 aromatic carbocycles. The van der Waals surface area contributed by atoms with Crippen LogP contribution in [0, 0.1) is 35.3 Å². The topological polar surface area (TPSA) is 121 Å². The van der Waals surface area contributed by atoms with Crippen LogP contribution >= 0.6 is 11.6 Å². The van der Waals surface area contributed by atoms with Crippen molar-refractivity contribution in [1.82, 2.24) is 4.57 Å². The minimum absolute atomic E-state index is 0.0406. The molecule has 1 aromatic heterocycles. The van der Waals surface area contributed by atoms with Gasteiger partial charge in [0.05, 0.1) is 16.7 Å². The SMILES string of the molecule is Cc1cc(/C=C(\C#N)C(=O)Nc2ccc([N+](=O)[O-])cc2O)c(C)n1-c1cccc(Cl)c1. The molecule has 0 atom stereocenters. The van der Waals surface area contributed by atoms with Gasteiger partial charge >= 0.3 is 0 Å². The first-order valence-electron chi connectivity index (χ1n) is 9.06. The van der Waals surface area contributed by atoms with E-state index in [2.05, 4.69) is 5.32 Å². The van der Waals surface area contributed by atoms with Gasteiger partial charge in [-0.05, 0) is 55.8 Å². The van der Waals surface area contributed by atoms with Gasteiger partial charge in [-0.1, -0.05) is 17.7 Å². The van der Waals surface area contributed by atoms with Gasteiger partial charge in [0.15, 0.2) is 0 Å². The van der Waals surface area contributed by atoms with Crippen LogP contribution in [0.1, 0.15) is 17.0 Å². The number of hydrogen-bond acceptors (Lipinski definition) is 5. The maximum Gasteiger partial charge on any atom is 0.273 e. The minimum Gasteiger partial charge on any atom is -0.506 e. The minimum atomic E-state index is -0.751. The predicted octanol–water partition coefficient (Wildman–Crippen LogP) is 4.91. The Morgan fingerprint density at radius 3 is 2.61 bits per heavy atom. The Morgan fingerprint density at radius 1 is 1.26 bits per heavy atom. The lowest BCUT2D eigenvalue weighted by atomic mass is 10.1. The van der Waals surface area contributed by atoms with E-state index in [1.54, 1.807) is 6.07 Å². The summed E-state index contributed by atoms with van der Waals surface area (Å²) in [6.45, 7) is 3.75. The highest BCUT2D eigenvalue weighted by Gasteiger charge is 2.17. The van der Waals surface area contributed by atoms with Gasteiger partial charge in [0.2, 0.25) is 0 Å². The Hall–Kier alpha value is -4.09. The molecule has 31 heavy (non-hydrogen) atoms. The molecular formula is C22H17ClN4O4. The number of rotatable bonds is 5.